The summed E-state index contributed by atoms with van der Waals surface area (Å²) in [6, 6.07) is 6.11. The van der Waals surface area contributed by atoms with Crippen LogP contribution in [0, 0.1) is 12.3 Å². The molecule has 0 radical (unpaired) electrons. The van der Waals surface area contributed by atoms with E-state index >= 15 is 0 Å². The molecule has 0 aliphatic carbocycles. The fourth-order valence-electron chi connectivity index (χ4n) is 4.14. The maximum absolute atomic E-state index is 13.3. The van der Waals surface area contributed by atoms with E-state index in [2.05, 4.69) is 0 Å². The van der Waals surface area contributed by atoms with E-state index in [-0.39, 0.29) is 23.8 Å². The second kappa shape index (κ2) is 7.78. The number of carboxylic acid groups (broad SMARTS) is 1. The lowest BCUT2D eigenvalue weighted by atomic mass is 9.90. The van der Waals surface area contributed by atoms with Gasteiger partial charge in [0.2, 0.25) is 5.91 Å². The normalized spacial score (nSPS) is 21.4. The third-order valence-corrected chi connectivity index (χ3v) is 5.61. The summed E-state index contributed by atoms with van der Waals surface area (Å²) in [6.45, 7) is 8.81. The fourth-order valence-corrected chi connectivity index (χ4v) is 4.14. The molecule has 1 atom stereocenters. The molecule has 1 spiro atoms. The van der Waals surface area contributed by atoms with Crippen molar-refractivity contribution in [3.63, 3.8) is 0 Å². The lowest BCUT2D eigenvalue weighted by Crippen LogP contribution is -2.58. The summed E-state index contributed by atoms with van der Waals surface area (Å²) in [5.74, 6) is -1.33. The van der Waals surface area contributed by atoms with E-state index in [0.717, 1.165) is 5.56 Å². The van der Waals surface area contributed by atoms with Crippen molar-refractivity contribution in [1.82, 2.24) is 9.80 Å². The number of aliphatic carboxylic acids is 1. The summed E-state index contributed by atoms with van der Waals surface area (Å²) in [5.41, 5.74) is 0.298. The van der Waals surface area contributed by atoms with Gasteiger partial charge in [-0.05, 0) is 24.5 Å². The van der Waals surface area contributed by atoms with Gasteiger partial charge in [0.15, 0.2) is 6.04 Å². The van der Waals surface area contributed by atoms with E-state index in [1.165, 1.54) is 4.90 Å². The van der Waals surface area contributed by atoms with Crippen molar-refractivity contribution in [2.45, 2.75) is 58.7 Å². The van der Waals surface area contributed by atoms with Crippen molar-refractivity contribution >= 4 is 17.8 Å². The number of amides is 2. The first-order chi connectivity index (χ1) is 13.5. The van der Waals surface area contributed by atoms with Gasteiger partial charge in [0.1, 0.15) is 5.72 Å². The van der Waals surface area contributed by atoms with Gasteiger partial charge in [-0.1, -0.05) is 38.5 Å². The number of benzene rings is 1. The molecule has 0 unspecified atom stereocenters. The first-order valence-electron chi connectivity index (χ1n) is 10.1. The minimum atomic E-state index is -1.07. The first kappa shape index (κ1) is 21.3. The predicted octanol–water partition coefficient (Wildman–Crippen LogP) is 2.68. The molecule has 7 heteroatoms. The zero-order valence-corrected chi connectivity index (χ0v) is 17.6. The predicted molar refractivity (Wildman–Crippen MR) is 107 cm³/mol. The fraction of sp³-hybridized carbons (Fsp3) is 0.591. The lowest BCUT2D eigenvalue weighted by molar-refractivity contribution is -0.148. The largest absolute Gasteiger partial charge is 0.480 e. The molecule has 7 nitrogen and oxygen atoms in total. The number of aryl methyl sites for hydroxylation is 1. The molecular formula is C22H30N2O5. The zero-order valence-electron chi connectivity index (χ0n) is 17.6. The van der Waals surface area contributed by atoms with Crippen LogP contribution in [0.15, 0.2) is 24.3 Å². The molecule has 2 saturated heterocycles. The highest BCUT2D eigenvalue weighted by Crippen LogP contribution is 2.39. The maximum Gasteiger partial charge on any atom is 0.328 e. The highest BCUT2D eigenvalue weighted by Gasteiger charge is 2.54. The summed E-state index contributed by atoms with van der Waals surface area (Å²) >= 11 is 0. The summed E-state index contributed by atoms with van der Waals surface area (Å²) in [6.07, 6.45) is 1.26. The van der Waals surface area contributed by atoms with Gasteiger partial charge >= 0.3 is 5.97 Å². The molecule has 2 aliphatic heterocycles. The Kier molecular flexibility index (Phi) is 5.72. The van der Waals surface area contributed by atoms with Gasteiger partial charge < -0.3 is 14.7 Å². The Hall–Kier alpha value is -2.41. The van der Waals surface area contributed by atoms with Gasteiger partial charge in [-0.15, -0.1) is 0 Å². The summed E-state index contributed by atoms with van der Waals surface area (Å²) < 4.78 is 5.96. The van der Waals surface area contributed by atoms with Crippen LogP contribution in [0.5, 0.6) is 0 Å². The van der Waals surface area contributed by atoms with Crippen molar-refractivity contribution in [3.05, 3.63) is 35.4 Å². The van der Waals surface area contributed by atoms with E-state index in [1.807, 2.05) is 33.8 Å². The number of carboxylic acids is 1. The van der Waals surface area contributed by atoms with Crippen molar-refractivity contribution in [2.24, 2.45) is 5.41 Å². The van der Waals surface area contributed by atoms with Gasteiger partial charge in [0, 0.05) is 37.9 Å². The van der Waals surface area contributed by atoms with Crippen LogP contribution < -0.4 is 0 Å². The van der Waals surface area contributed by atoms with Crippen LogP contribution in [-0.4, -0.2) is 64.2 Å². The van der Waals surface area contributed by atoms with Crippen molar-refractivity contribution < 1.29 is 24.2 Å². The Balaban J connectivity index is 1.82. The Morgan fingerprint density at radius 3 is 2.41 bits per heavy atom. The van der Waals surface area contributed by atoms with Crippen molar-refractivity contribution in [1.29, 1.82) is 0 Å². The maximum atomic E-state index is 13.3. The molecular weight excluding hydrogens is 372 g/mol. The lowest BCUT2D eigenvalue weighted by Gasteiger charge is -2.44. The number of piperidine rings is 1. The summed E-state index contributed by atoms with van der Waals surface area (Å²) in [7, 11) is 0. The summed E-state index contributed by atoms with van der Waals surface area (Å²) in [4.78, 5) is 40.9. The number of rotatable bonds is 3. The Bertz CT molecular complexity index is 806. The van der Waals surface area contributed by atoms with E-state index in [4.69, 9.17) is 4.74 Å². The van der Waals surface area contributed by atoms with E-state index < -0.39 is 17.7 Å². The number of likely N-dealkylation sites (tertiary alicyclic amines) is 1. The number of carbonyl (C=O) groups is 3. The molecule has 1 aromatic rings. The quantitative estimate of drug-likeness (QED) is 0.840. The molecule has 1 N–H and O–H groups in total. The molecule has 2 heterocycles. The molecule has 0 bridgehead atoms. The highest BCUT2D eigenvalue weighted by molar-refractivity contribution is 5.97. The number of hydrogen-bond donors (Lipinski definition) is 1. The molecule has 1 aromatic carbocycles. The van der Waals surface area contributed by atoms with E-state index in [9.17, 15) is 19.5 Å². The monoisotopic (exact) mass is 402 g/mol. The van der Waals surface area contributed by atoms with Gasteiger partial charge in [-0.2, -0.15) is 0 Å². The smallest absolute Gasteiger partial charge is 0.328 e. The second-order valence-electron chi connectivity index (χ2n) is 9.27. The van der Waals surface area contributed by atoms with Gasteiger partial charge in [0.05, 0.1) is 6.61 Å². The highest BCUT2D eigenvalue weighted by atomic mass is 16.5. The zero-order chi connectivity index (χ0) is 21.4. The average Bonchev–Trinajstić information content (AvgIpc) is 2.99. The molecule has 2 fully saturated rings. The minimum Gasteiger partial charge on any atom is -0.480 e. The van der Waals surface area contributed by atoms with E-state index in [1.54, 1.807) is 23.1 Å². The Labute approximate surface area is 171 Å². The third-order valence-electron chi connectivity index (χ3n) is 5.61. The second-order valence-corrected chi connectivity index (χ2v) is 9.27. The summed E-state index contributed by atoms with van der Waals surface area (Å²) in [5, 5.41) is 9.68. The van der Waals surface area contributed by atoms with Crippen LogP contribution in [0.3, 0.4) is 0 Å². The molecule has 0 saturated carbocycles. The van der Waals surface area contributed by atoms with Crippen LogP contribution in [0.25, 0.3) is 0 Å². The number of hydrogen-bond acceptors (Lipinski definition) is 4. The van der Waals surface area contributed by atoms with Crippen molar-refractivity contribution in [2.75, 3.05) is 19.7 Å². The van der Waals surface area contributed by atoms with Crippen LogP contribution in [-0.2, 0) is 14.3 Å². The number of ether oxygens (including phenoxy) is 1. The first-order valence-corrected chi connectivity index (χ1v) is 10.1. The Morgan fingerprint density at radius 1 is 1.21 bits per heavy atom. The third kappa shape index (κ3) is 4.45. The van der Waals surface area contributed by atoms with Gasteiger partial charge in [-0.3, -0.25) is 14.5 Å². The van der Waals surface area contributed by atoms with Crippen LogP contribution in [0.1, 0.15) is 56.0 Å². The van der Waals surface area contributed by atoms with Crippen LogP contribution in [0.4, 0.5) is 0 Å². The average molecular weight is 402 g/mol. The van der Waals surface area contributed by atoms with Crippen LogP contribution in [0.2, 0.25) is 0 Å². The molecule has 2 aliphatic rings. The molecule has 2 amide bonds. The minimum absolute atomic E-state index is 0.0389. The standard InChI is InChI=1S/C22H30N2O5/c1-15-6-5-7-16(12-15)19(26)24-17(20(27)28)14-29-22(24)8-10-23(11-9-22)18(25)13-21(2,3)4/h5-7,12,17H,8-11,13-14H2,1-4H3,(H,27,28)/t17-/m0/s1. The number of nitrogens with zero attached hydrogens (tertiary/aromatic N) is 2. The Morgan fingerprint density at radius 2 is 1.86 bits per heavy atom. The van der Waals surface area contributed by atoms with Gasteiger partial charge in [0.25, 0.3) is 5.91 Å². The molecule has 29 heavy (non-hydrogen) atoms. The van der Waals surface area contributed by atoms with Crippen LogP contribution >= 0.6 is 0 Å². The molecule has 158 valence electrons. The topological polar surface area (TPSA) is 87.2 Å². The molecule has 0 aromatic heterocycles. The SMILES string of the molecule is Cc1cccc(C(=O)N2[C@H](C(=O)O)COC23CCN(C(=O)CC(C)(C)C)CC3)c1. The van der Waals surface area contributed by atoms with Gasteiger partial charge in [-0.25, -0.2) is 4.79 Å². The van der Waals surface area contributed by atoms with E-state index in [0.29, 0.717) is 37.9 Å². The van der Waals surface area contributed by atoms with Crippen molar-refractivity contribution in [3.8, 4) is 0 Å². The molecule has 3 rings (SSSR count). The number of carbonyl (C=O) groups excluding carboxylic acids is 2.